The molecule has 0 aliphatic heterocycles. The highest BCUT2D eigenvalue weighted by Crippen LogP contribution is 2.47. The average molecular weight is 215 g/mol. The van der Waals surface area contributed by atoms with Crippen molar-refractivity contribution in [3.63, 3.8) is 0 Å². The minimum absolute atomic E-state index is 0.145. The molecule has 15 heavy (non-hydrogen) atoms. The number of aliphatic hydroxyl groups excluding tert-OH is 1. The fourth-order valence-electron chi connectivity index (χ4n) is 1.74. The van der Waals surface area contributed by atoms with Crippen LogP contribution in [0, 0.1) is 5.41 Å². The Bertz CT molecular complexity index is 202. The normalized spacial score (nSPS) is 17.5. The van der Waals surface area contributed by atoms with Crippen molar-refractivity contribution in [2.45, 2.75) is 32.1 Å². The maximum Gasteiger partial charge on any atom is 0.305 e. The Balaban J connectivity index is 1.95. The number of hydrogen-bond donors (Lipinski definition) is 2. The summed E-state index contributed by atoms with van der Waals surface area (Å²) in [5, 5.41) is 12.2. The fraction of sp³-hybridized carbons (Fsp3) is 0.909. The highest BCUT2D eigenvalue weighted by Gasteiger charge is 2.41. The molecule has 1 rings (SSSR count). The van der Waals surface area contributed by atoms with Gasteiger partial charge in [0.1, 0.15) is 0 Å². The zero-order valence-corrected chi connectivity index (χ0v) is 9.42. The summed E-state index contributed by atoms with van der Waals surface area (Å²) >= 11 is 0. The Morgan fingerprint density at radius 3 is 2.80 bits per heavy atom. The van der Waals surface area contributed by atoms with Crippen LogP contribution in [0.5, 0.6) is 0 Å². The van der Waals surface area contributed by atoms with E-state index in [-0.39, 0.29) is 12.6 Å². The van der Waals surface area contributed by atoms with Gasteiger partial charge in [-0.15, -0.1) is 0 Å². The lowest BCUT2D eigenvalue weighted by Gasteiger charge is -2.14. The molecule has 0 bridgehead atoms. The second-order valence-corrected chi connectivity index (χ2v) is 4.33. The van der Waals surface area contributed by atoms with Crippen LogP contribution in [-0.4, -0.2) is 37.9 Å². The third-order valence-corrected chi connectivity index (χ3v) is 3.06. The monoisotopic (exact) mass is 215 g/mol. The van der Waals surface area contributed by atoms with Crippen molar-refractivity contribution in [2.75, 3.05) is 26.8 Å². The van der Waals surface area contributed by atoms with E-state index in [0.29, 0.717) is 11.8 Å². The Morgan fingerprint density at radius 1 is 1.53 bits per heavy atom. The van der Waals surface area contributed by atoms with Gasteiger partial charge in [-0.2, -0.15) is 0 Å². The van der Waals surface area contributed by atoms with Gasteiger partial charge in [-0.25, -0.2) is 0 Å². The Kier molecular flexibility index (Phi) is 5.05. The van der Waals surface area contributed by atoms with Crippen LogP contribution in [-0.2, 0) is 9.53 Å². The molecule has 4 heteroatoms. The van der Waals surface area contributed by atoms with Crippen molar-refractivity contribution in [1.82, 2.24) is 5.32 Å². The van der Waals surface area contributed by atoms with Crippen LogP contribution >= 0.6 is 0 Å². The average Bonchev–Trinajstić information content (AvgIpc) is 2.98. The molecule has 0 aromatic carbocycles. The van der Waals surface area contributed by atoms with Crippen LogP contribution in [0.2, 0.25) is 0 Å². The first kappa shape index (κ1) is 12.5. The van der Waals surface area contributed by atoms with E-state index >= 15 is 0 Å². The summed E-state index contributed by atoms with van der Waals surface area (Å²) in [6.07, 6.45) is 4.64. The van der Waals surface area contributed by atoms with Crippen LogP contribution in [0.25, 0.3) is 0 Å². The first-order valence-electron chi connectivity index (χ1n) is 5.61. The molecule has 0 spiro atoms. The van der Waals surface area contributed by atoms with Crippen molar-refractivity contribution in [3.8, 4) is 0 Å². The first-order chi connectivity index (χ1) is 7.22. The molecule has 1 aliphatic rings. The molecule has 88 valence electrons. The number of methoxy groups -OCH3 is 1. The van der Waals surface area contributed by atoms with Crippen molar-refractivity contribution in [3.05, 3.63) is 0 Å². The second-order valence-electron chi connectivity index (χ2n) is 4.33. The molecule has 0 atom stereocenters. The van der Waals surface area contributed by atoms with Gasteiger partial charge in [0.25, 0.3) is 0 Å². The second kappa shape index (κ2) is 6.08. The smallest absolute Gasteiger partial charge is 0.305 e. The largest absolute Gasteiger partial charge is 0.469 e. The molecule has 0 unspecified atom stereocenters. The van der Waals surface area contributed by atoms with Gasteiger partial charge in [-0.3, -0.25) is 4.79 Å². The number of aliphatic hydroxyl groups is 1. The third-order valence-electron chi connectivity index (χ3n) is 3.06. The molecular formula is C11H21NO3. The van der Waals surface area contributed by atoms with Crippen molar-refractivity contribution >= 4 is 5.97 Å². The molecule has 0 aromatic heterocycles. The minimum atomic E-state index is -0.145. The van der Waals surface area contributed by atoms with Gasteiger partial charge < -0.3 is 15.2 Å². The highest BCUT2D eigenvalue weighted by atomic mass is 16.5. The molecule has 0 amide bonds. The van der Waals surface area contributed by atoms with Gasteiger partial charge in [-0.1, -0.05) is 0 Å². The van der Waals surface area contributed by atoms with Crippen LogP contribution in [0.1, 0.15) is 32.1 Å². The molecule has 2 N–H and O–H groups in total. The summed E-state index contributed by atoms with van der Waals surface area (Å²) < 4.78 is 4.55. The number of esters is 1. The number of carbonyl (C=O) groups is 1. The predicted molar refractivity (Wildman–Crippen MR) is 57.5 cm³/mol. The fourth-order valence-corrected chi connectivity index (χ4v) is 1.74. The summed E-state index contributed by atoms with van der Waals surface area (Å²) in [5.74, 6) is -0.145. The molecular weight excluding hydrogens is 194 g/mol. The number of nitrogens with one attached hydrogen (secondary N) is 1. The molecule has 0 heterocycles. The van der Waals surface area contributed by atoms with E-state index in [1.165, 1.54) is 20.0 Å². The zero-order chi connectivity index (χ0) is 11.1. The number of carbonyl (C=O) groups excluding carboxylic acids is 1. The van der Waals surface area contributed by atoms with Crippen molar-refractivity contribution in [1.29, 1.82) is 0 Å². The van der Waals surface area contributed by atoms with Crippen LogP contribution < -0.4 is 5.32 Å². The molecule has 0 saturated heterocycles. The number of rotatable bonds is 8. The molecule has 0 aromatic rings. The van der Waals surface area contributed by atoms with E-state index in [1.54, 1.807) is 0 Å². The lowest BCUT2D eigenvalue weighted by atomic mass is 10.0. The Morgan fingerprint density at radius 2 is 2.27 bits per heavy atom. The van der Waals surface area contributed by atoms with Gasteiger partial charge in [0.2, 0.25) is 0 Å². The van der Waals surface area contributed by atoms with Gasteiger partial charge in [-0.05, 0) is 37.6 Å². The lowest BCUT2D eigenvalue weighted by molar-refractivity contribution is -0.140. The minimum Gasteiger partial charge on any atom is -0.469 e. The summed E-state index contributed by atoms with van der Waals surface area (Å²) in [4.78, 5) is 10.8. The van der Waals surface area contributed by atoms with Crippen molar-refractivity contribution in [2.24, 2.45) is 5.41 Å². The molecule has 0 radical (unpaired) electrons. The van der Waals surface area contributed by atoms with Crippen LogP contribution in [0.3, 0.4) is 0 Å². The van der Waals surface area contributed by atoms with Gasteiger partial charge in [0.15, 0.2) is 0 Å². The van der Waals surface area contributed by atoms with E-state index in [4.69, 9.17) is 5.11 Å². The number of hydrogen-bond acceptors (Lipinski definition) is 4. The van der Waals surface area contributed by atoms with Crippen LogP contribution in [0.15, 0.2) is 0 Å². The van der Waals surface area contributed by atoms with E-state index in [9.17, 15) is 4.79 Å². The topological polar surface area (TPSA) is 58.6 Å². The lowest BCUT2D eigenvalue weighted by Crippen LogP contribution is -2.26. The van der Waals surface area contributed by atoms with Gasteiger partial charge in [0.05, 0.1) is 7.11 Å². The maximum atomic E-state index is 10.8. The zero-order valence-electron chi connectivity index (χ0n) is 9.42. The molecule has 1 aliphatic carbocycles. The maximum absolute atomic E-state index is 10.8. The van der Waals surface area contributed by atoms with E-state index in [1.807, 2.05) is 0 Å². The summed E-state index contributed by atoms with van der Waals surface area (Å²) in [6.45, 7) is 2.10. The van der Waals surface area contributed by atoms with Gasteiger partial charge >= 0.3 is 5.97 Å². The van der Waals surface area contributed by atoms with E-state index in [2.05, 4.69) is 10.1 Å². The molecule has 1 fully saturated rings. The SMILES string of the molecule is COC(=O)CCCNCC1(CCO)CC1. The first-order valence-corrected chi connectivity index (χ1v) is 5.61. The molecule has 4 nitrogen and oxygen atoms in total. The highest BCUT2D eigenvalue weighted by molar-refractivity contribution is 5.69. The van der Waals surface area contributed by atoms with Crippen LogP contribution in [0.4, 0.5) is 0 Å². The van der Waals surface area contributed by atoms with Crippen molar-refractivity contribution < 1.29 is 14.6 Å². The predicted octanol–water partition coefficient (Wildman–Crippen LogP) is 0.692. The number of ether oxygens (including phenoxy) is 1. The Hall–Kier alpha value is -0.610. The quantitative estimate of drug-likeness (QED) is 0.462. The summed E-state index contributed by atoms with van der Waals surface area (Å²) in [7, 11) is 1.41. The third kappa shape index (κ3) is 4.62. The van der Waals surface area contributed by atoms with E-state index in [0.717, 1.165) is 25.9 Å². The van der Waals surface area contributed by atoms with E-state index < -0.39 is 0 Å². The molecule has 1 saturated carbocycles. The summed E-state index contributed by atoms with van der Waals surface area (Å²) in [5.41, 5.74) is 0.361. The summed E-state index contributed by atoms with van der Waals surface area (Å²) in [6, 6.07) is 0. The van der Waals surface area contributed by atoms with Gasteiger partial charge in [0, 0.05) is 19.6 Å². The standard InChI is InChI=1S/C11H21NO3/c1-15-10(14)3-2-7-12-9-11(4-5-11)6-8-13/h12-13H,2-9H2,1H3. The Labute approximate surface area is 91.0 Å².